The number of benzene rings is 1. The predicted octanol–water partition coefficient (Wildman–Crippen LogP) is -1.56. The molecule has 4 amide bonds. The van der Waals surface area contributed by atoms with Crippen molar-refractivity contribution in [3.05, 3.63) is 35.4 Å². The molecule has 0 heterocycles. The number of aliphatic carboxylic acids is 2. The molecule has 3 atom stereocenters. The molecule has 1 aromatic carbocycles. The van der Waals surface area contributed by atoms with Crippen molar-refractivity contribution in [1.82, 2.24) is 21.3 Å². The molecule has 6 N–H and O–H groups in total. The molecule has 180 valence electrons. The third-order valence-electron chi connectivity index (χ3n) is 4.36. The van der Waals surface area contributed by atoms with Gasteiger partial charge in [0, 0.05) is 12.3 Å². The molecule has 12 nitrogen and oxygen atoms in total. The van der Waals surface area contributed by atoms with Gasteiger partial charge < -0.3 is 31.5 Å². The molecule has 0 saturated carbocycles. The maximum Gasteiger partial charge on any atom is 0.327 e. The monoisotopic (exact) mass is 482 g/mol. The Kier molecular flexibility index (Phi) is 11.4. The van der Waals surface area contributed by atoms with Gasteiger partial charge in [-0.05, 0) is 18.1 Å². The Hall–Kier alpha value is -3.61. The van der Waals surface area contributed by atoms with Gasteiger partial charge in [0.15, 0.2) is 0 Å². The Balaban J connectivity index is 2.73. The first-order chi connectivity index (χ1) is 15.6. The summed E-state index contributed by atoms with van der Waals surface area (Å²) in [4.78, 5) is 69.4. The van der Waals surface area contributed by atoms with Gasteiger partial charge in [0.2, 0.25) is 24.1 Å². The van der Waals surface area contributed by atoms with Crippen LogP contribution in [0.1, 0.15) is 24.5 Å². The highest BCUT2D eigenvalue weighted by Crippen LogP contribution is 2.06. The van der Waals surface area contributed by atoms with Crippen LogP contribution in [-0.2, 0) is 41.7 Å². The summed E-state index contributed by atoms with van der Waals surface area (Å²) in [5.41, 5.74) is 1.40. The minimum Gasteiger partial charge on any atom is -0.481 e. The van der Waals surface area contributed by atoms with Crippen molar-refractivity contribution < 1.29 is 39.0 Å². The van der Waals surface area contributed by atoms with Crippen LogP contribution < -0.4 is 21.3 Å². The van der Waals surface area contributed by atoms with Crippen LogP contribution in [0.2, 0.25) is 0 Å². The average molecular weight is 483 g/mol. The molecule has 0 spiro atoms. The molecular formula is C20H26N4O8S. The van der Waals surface area contributed by atoms with Crippen LogP contribution in [-0.4, -0.2) is 70.2 Å². The van der Waals surface area contributed by atoms with E-state index in [-0.39, 0.29) is 12.2 Å². The fourth-order valence-corrected chi connectivity index (χ4v) is 2.86. The number of carbonyl (C=O) groups excluding carboxylic acids is 4. The van der Waals surface area contributed by atoms with E-state index in [1.54, 1.807) is 24.3 Å². The van der Waals surface area contributed by atoms with Crippen molar-refractivity contribution in [3.63, 3.8) is 0 Å². The Morgan fingerprint density at radius 1 is 0.939 bits per heavy atom. The van der Waals surface area contributed by atoms with E-state index in [0.717, 1.165) is 5.56 Å². The van der Waals surface area contributed by atoms with Gasteiger partial charge >= 0.3 is 11.9 Å². The lowest BCUT2D eigenvalue weighted by atomic mass is 10.1. The molecule has 0 aliphatic heterocycles. The number of carbonyl (C=O) groups is 6. The molecule has 33 heavy (non-hydrogen) atoms. The molecule has 0 aliphatic rings. The maximum atomic E-state index is 12.5. The lowest BCUT2D eigenvalue weighted by Crippen LogP contribution is -2.55. The summed E-state index contributed by atoms with van der Waals surface area (Å²) in [5.74, 6) is -5.17. The van der Waals surface area contributed by atoms with Gasteiger partial charge in [0.1, 0.15) is 18.1 Å². The molecule has 0 unspecified atom stereocenters. The van der Waals surface area contributed by atoms with Crippen molar-refractivity contribution in [2.75, 3.05) is 5.75 Å². The number of nitrogens with one attached hydrogen (secondary N) is 4. The third kappa shape index (κ3) is 10.0. The lowest BCUT2D eigenvalue weighted by Gasteiger charge is -2.21. The molecule has 0 saturated heterocycles. The first-order valence-corrected chi connectivity index (χ1v) is 10.4. The Labute approximate surface area is 194 Å². The first-order valence-electron chi connectivity index (χ1n) is 9.77. The molecule has 1 rings (SSSR count). The molecular weight excluding hydrogens is 456 g/mol. The average Bonchev–Trinajstić information content (AvgIpc) is 2.75. The third-order valence-corrected chi connectivity index (χ3v) is 4.72. The molecule has 0 aromatic heterocycles. The lowest BCUT2D eigenvalue weighted by molar-refractivity contribution is -0.142. The van der Waals surface area contributed by atoms with Crippen LogP contribution >= 0.6 is 12.6 Å². The zero-order valence-corrected chi connectivity index (χ0v) is 18.6. The van der Waals surface area contributed by atoms with E-state index in [4.69, 9.17) is 10.2 Å². The van der Waals surface area contributed by atoms with Gasteiger partial charge in [-0.15, -0.1) is 0 Å². The second-order valence-electron chi connectivity index (χ2n) is 7.02. The predicted molar refractivity (Wildman–Crippen MR) is 118 cm³/mol. The first kappa shape index (κ1) is 27.4. The minimum absolute atomic E-state index is 0.136. The fraction of sp³-hybridized carbons (Fsp3) is 0.400. The minimum atomic E-state index is -1.46. The maximum absolute atomic E-state index is 12.5. The summed E-state index contributed by atoms with van der Waals surface area (Å²) < 4.78 is 0. The van der Waals surface area contributed by atoms with Crippen molar-refractivity contribution in [3.8, 4) is 0 Å². The van der Waals surface area contributed by atoms with Crippen LogP contribution in [0.15, 0.2) is 24.3 Å². The molecule has 0 bridgehead atoms. The van der Waals surface area contributed by atoms with Crippen molar-refractivity contribution in [2.45, 2.75) is 44.4 Å². The van der Waals surface area contributed by atoms with E-state index in [0.29, 0.717) is 18.5 Å². The zero-order chi connectivity index (χ0) is 25.0. The smallest absolute Gasteiger partial charge is 0.327 e. The summed E-state index contributed by atoms with van der Waals surface area (Å²) in [6, 6.07) is 2.80. The SMILES string of the molecule is C[C@H](NC(=O)[C@H](CC(=O)O)NC(=O)Cc1ccc(CNC=O)cc1)C(=O)N[C@@H](CS)C(=O)O. The number of amides is 4. The highest BCUT2D eigenvalue weighted by atomic mass is 32.1. The van der Waals surface area contributed by atoms with E-state index < -0.39 is 54.2 Å². The topological polar surface area (TPSA) is 191 Å². The summed E-state index contributed by atoms with van der Waals surface area (Å²) in [7, 11) is 0. The van der Waals surface area contributed by atoms with Gasteiger partial charge in [0.25, 0.3) is 0 Å². The van der Waals surface area contributed by atoms with Crippen LogP contribution in [0.25, 0.3) is 0 Å². The van der Waals surface area contributed by atoms with Crippen LogP contribution in [0.5, 0.6) is 0 Å². The van der Waals surface area contributed by atoms with Crippen LogP contribution in [0.4, 0.5) is 0 Å². The Morgan fingerprint density at radius 3 is 2.06 bits per heavy atom. The van der Waals surface area contributed by atoms with E-state index in [1.807, 2.05) is 0 Å². The van der Waals surface area contributed by atoms with Crippen LogP contribution in [0.3, 0.4) is 0 Å². The van der Waals surface area contributed by atoms with Crippen LogP contribution in [0, 0.1) is 0 Å². The summed E-state index contributed by atoms with van der Waals surface area (Å²) >= 11 is 3.82. The van der Waals surface area contributed by atoms with Gasteiger partial charge in [-0.3, -0.25) is 24.0 Å². The fourth-order valence-electron chi connectivity index (χ4n) is 2.61. The van der Waals surface area contributed by atoms with Gasteiger partial charge in [0.05, 0.1) is 12.8 Å². The van der Waals surface area contributed by atoms with E-state index >= 15 is 0 Å². The normalized spacial score (nSPS) is 13.0. The number of hydrogen-bond donors (Lipinski definition) is 7. The highest BCUT2D eigenvalue weighted by Gasteiger charge is 2.28. The quantitative estimate of drug-likeness (QED) is 0.122. The standard InChI is InChI=1S/C20H26N4O8S/c1-11(18(29)24-15(9-33)20(31)32)22-19(30)14(7-17(27)28)23-16(26)6-12-2-4-13(5-3-12)8-21-10-25/h2-5,10-11,14-15,33H,6-9H2,1H3,(H,21,25)(H,22,30)(H,23,26)(H,24,29)(H,27,28)(H,31,32)/t11-,14-,15-/m0/s1. The second-order valence-corrected chi connectivity index (χ2v) is 7.39. The molecule has 1 aromatic rings. The molecule has 0 radical (unpaired) electrons. The number of rotatable bonds is 14. The molecule has 13 heteroatoms. The molecule has 0 aliphatic carbocycles. The number of carboxylic acid groups (broad SMARTS) is 2. The summed E-state index contributed by atoms with van der Waals surface area (Å²) in [6.07, 6.45) is -0.302. The van der Waals surface area contributed by atoms with E-state index in [1.165, 1.54) is 6.92 Å². The summed E-state index contributed by atoms with van der Waals surface area (Å²) in [5, 5.41) is 27.3. The number of thiol groups is 1. The Morgan fingerprint density at radius 2 is 1.55 bits per heavy atom. The molecule has 0 fully saturated rings. The largest absolute Gasteiger partial charge is 0.481 e. The van der Waals surface area contributed by atoms with Crippen molar-refractivity contribution in [1.29, 1.82) is 0 Å². The van der Waals surface area contributed by atoms with Gasteiger partial charge in [-0.25, -0.2) is 4.79 Å². The zero-order valence-electron chi connectivity index (χ0n) is 17.7. The summed E-state index contributed by atoms with van der Waals surface area (Å²) in [6.45, 7) is 1.61. The van der Waals surface area contributed by atoms with E-state index in [2.05, 4.69) is 33.9 Å². The van der Waals surface area contributed by atoms with Gasteiger partial charge in [-0.1, -0.05) is 24.3 Å². The number of hydrogen-bond acceptors (Lipinski definition) is 7. The number of carboxylic acids is 2. The van der Waals surface area contributed by atoms with Crippen molar-refractivity contribution >= 4 is 48.7 Å². The van der Waals surface area contributed by atoms with Crippen molar-refractivity contribution in [2.24, 2.45) is 0 Å². The van der Waals surface area contributed by atoms with Gasteiger partial charge in [-0.2, -0.15) is 12.6 Å². The highest BCUT2D eigenvalue weighted by molar-refractivity contribution is 7.80. The van der Waals surface area contributed by atoms with E-state index in [9.17, 15) is 28.8 Å². The second kappa shape index (κ2) is 13.7. The Bertz CT molecular complexity index is 877.